The molecule has 0 spiro atoms. The van der Waals surface area contributed by atoms with E-state index in [1.165, 1.54) is 0 Å². The fourth-order valence-corrected chi connectivity index (χ4v) is 0.708. The molecule has 54 valence electrons. The van der Waals surface area contributed by atoms with Gasteiger partial charge in [-0.25, -0.2) is 4.39 Å². The fourth-order valence-electron chi connectivity index (χ4n) is 0.598. The van der Waals surface area contributed by atoms with Crippen molar-refractivity contribution in [2.75, 3.05) is 0 Å². The van der Waals surface area contributed by atoms with Crippen LogP contribution in [0.3, 0.4) is 0 Å². The summed E-state index contributed by atoms with van der Waals surface area (Å²) in [4.78, 5) is 0. The van der Waals surface area contributed by atoms with Crippen molar-refractivity contribution in [1.29, 1.82) is 0 Å². The van der Waals surface area contributed by atoms with E-state index in [4.69, 9.17) is 11.6 Å². The van der Waals surface area contributed by atoms with E-state index >= 15 is 0 Å². The van der Waals surface area contributed by atoms with Gasteiger partial charge in [0.2, 0.25) is 0 Å². The van der Waals surface area contributed by atoms with Gasteiger partial charge in [-0.3, -0.25) is 0 Å². The molecule has 2 heteroatoms. The van der Waals surface area contributed by atoms with Crippen LogP contribution in [0.15, 0.2) is 11.4 Å². The fraction of sp³-hybridized carbons (Fsp3) is 0.714. The Labute approximate surface area is 60.7 Å². The van der Waals surface area contributed by atoms with Gasteiger partial charge in [-0.05, 0) is 6.42 Å². The topological polar surface area (TPSA) is 0 Å². The number of allylic oxidation sites excluding steroid dienone is 1. The van der Waals surface area contributed by atoms with E-state index in [9.17, 15) is 4.39 Å². The van der Waals surface area contributed by atoms with Crippen molar-refractivity contribution in [3.8, 4) is 0 Å². The number of hydrogen-bond donors (Lipinski definition) is 0. The van der Waals surface area contributed by atoms with Crippen molar-refractivity contribution >= 4 is 11.6 Å². The summed E-state index contributed by atoms with van der Waals surface area (Å²) in [6, 6.07) is 0. The van der Waals surface area contributed by atoms with E-state index in [2.05, 4.69) is 6.92 Å². The van der Waals surface area contributed by atoms with Crippen molar-refractivity contribution in [2.24, 2.45) is 0 Å². The molecule has 0 aromatic carbocycles. The zero-order valence-electron chi connectivity index (χ0n) is 5.66. The minimum Gasteiger partial charge on any atom is -0.211 e. The maximum absolute atomic E-state index is 12.2. The molecule has 0 heterocycles. The van der Waals surface area contributed by atoms with Gasteiger partial charge in [0.25, 0.3) is 0 Å². The molecule has 0 aromatic heterocycles. The van der Waals surface area contributed by atoms with Gasteiger partial charge in [0, 0.05) is 12.0 Å². The average Bonchev–Trinajstić information content (AvgIpc) is 1.89. The van der Waals surface area contributed by atoms with Crippen molar-refractivity contribution in [1.82, 2.24) is 0 Å². The van der Waals surface area contributed by atoms with E-state index in [-0.39, 0.29) is 5.83 Å². The highest BCUT2D eigenvalue weighted by atomic mass is 35.5. The van der Waals surface area contributed by atoms with Crippen LogP contribution in [-0.2, 0) is 0 Å². The Morgan fingerprint density at radius 1 is 1.56 bits per heavy atom. The molecule has 0 amide bonds. The largest absolute Gasteiger partial charge is 0.211 e. The molecule has 0 radical (unpaired) electrons. The van der Waals surface area contributed by atoms with Crippen molar-refractivity contribution in [3.05, 3.63) is 11.4 Å². The monoisotopic (exact) mass is 150 g/mol. The Balaban J connectivity index is 3.07. The third-order valence-electron chi connectivity index (χ3n) is 1.14. The second-order valence-electron chi connectivity index (χ2n) is 2.01. The highest BCUT2D eigenvalue weighted by molar-refractivity contribution is 6.25. The van der Waals surface area contributed by atoms with Crippen LogP contribution >= 0.6 is 11.6 Å². The first-order valence-electron chi connectivity index (χ1n) is 3.26. The summed E-state index contributed by atoms with van der Waals surface area (Å²) in [6.45, 7) is 2.09. The zero-order chi connectivity index (χ0) is 7.11. The van der Waals surface area contributed by atoms with Crippen LogP contribution in [0.25, 0.3) is 0 Å². The summed E-state index contributed by atoms with van der Waals surface area (Å²) in [7, 11) is 0. The SMILES string of the molecule is CCCCC/C(F)=C/Cl. The van der Waals surface area contributed by atoms with E-state index in [1.54, 1.807) is 0 Å². The molecule has 0 atom stereocenters. The first kappa shape index (κ1) is 8.96. The maximum atomic E-state index is 12.2. The molecule has 0 fully saturated rings. The molecule has 0 rings (SSSR count). The Kier molecular flexibility index (Phi) is 6.06. The number of unbranched alkanes of at least 4 members (excludes halogenated alkanes) is 2. The van der Waals surface area contributed by atoms with Crippen molar-refractivity contribution in [2.45, 2.75) is 32.6 Å². The lowest BCUT2D eigenvalue weighted by Crippen LogP contribution is -1.74. The van der Waals surface area contributed by atoms with Gasteiger partial charge in [0.1, 0.15) is 5.83 Å². The van der Waals surface area contributed by atoms with Gasteiger partial charge < -0.3 is 0 Å². The Bertz CT molecular complexity index is 88.9. The Morgan fingerprint density at radius 2 is 2.22 bits per heavy atom. The predicted octanol–water partition coefficient (Wildman–Crippen LogP) is 3.62. The summed E-state index contributed by atoms with van der Waals surface area (Å²) >= 11 is 5.09. The third kappa shape index (κ3) is 5.84. The second kappa shape index (κ2) is 6.09. The molecule has 0 saturated carbocycles. The number of halogens is 2. The molecule has 0 aliphatic carbocycles. The van der Waals surface area contributed by atoms with Crippen molar-refractivity contribution < 1.29 is 4.39 Å². The third-order valence-corrected chi connectivity index (χ3v) is 1.37. The Hall–Kier alpha value is -0.0400. The lowest BCUT2D eigenvalue weighted by Gasteiger charge is -1.92. The minimum absolute atomic E-state index is 0.204. The van der Waals surface area contributed by atoms with Gasteiger partial charge in [-0.15, -0.1) is 0 Å². The highest BCUT2D eigenvalue weighted by Gasteiger charge is 1.91. The predicted molar refractivity (Wildman–Crippen MR) is 39.2 cm³/mol. The van der Waals surface area contributed by atoms with Crippen LogP contribution in [0.4, 0.5) is 4.39 Å². The van der Waals surface area contributed by atoms with Crippen LogP contribution in [0.1, 0.15) is 32.6 Å². The van der Waals surface area contributed by atoms with Crippen LogP contribution in [0, 0.1) is 0 Å². The molecule has 0 aliphatic heterocycles. The average molecular weight is 151 g/mol. The van der Waals surface area contributed by atoms with E-state index in [0.29, 0.717) is 6.42 Å². The first-order valence-corrected chi connectivity index (χ1v) is 3.69. The molecular weight excluding hydrogens is 139 g/mol. The standard InChI is InChI=1S/C7H12ClF/c1-2-3-4-5-7(9)6-8/h6H,2-5H2,1H3/b7-6-. The molecular formula is C7H12ClF. The smallest absolute Gasteiger partial charge is 0.111 e. The molecule has 9 heavy (non-hydrogen) atoms. The molecule has 0 aliphatic rings. The van der Waals surface area contributed by atoms with Crippen LogP contribution in [0.2, 0.25) is 0 Å². The molecule has 0 aromatic rings. The zero-order valence-corrected chi connectivity index (χ0v) is 6.42. The maximum Gasteiger partial charge on any atom is 0.111 e. The molecule has 0 N–H and O–H groups in total. The van der Waals surface area contributed by atoms with Crippen LogP contribution in [-0.4, -0.2) is 0 Å². The van der Waals surface area contributed by atoms with Gasteiger partial charge in [-0.1, -0.05) is 31.4 Å². The summed E-state index contributed by atoms with van der Waals surface area (Å²) in [6.07, 6.45) is 3.61. The number of hydrogen-bond acceptors (Lipinski definition) is 0. The lowest BCUT2D eigenvalue weighted by atomic mass is 10.2. The molecule has 0 unspecified atom stereocenters. The van der Waals surface area contributed by atoms with Gasteiger partial charge in [0.05, 0.1) is 0 Å². The summed E-state index contributed by atoms with van der Waals surface area (Å²) in [5.41, 5.74) is 1.01. The molecule has 0 bridgehead atoms. The van der Waals surface area contributed by atoms with E-state index < -0.39 is 0 Å². The molecule has 0 nitrogen and oxygen atoms in total. The number of rotatable bonds is 4. The summed E-state index contributed by atoms with van der Waals surface area (Å²) in [5, 5.41) is 0. The van der Waals surface area contributed by atoms with Gasteiger partial charge >= 0.3 is 0 Å². The van der Waals surface area contributed by atoms with Crippen LogP contribution in [0.5, 0.6) is 0 Å². The molecule has 0 saturated heterocycles. The van der Waals surface area contributed by atoms with Crippen molar-refractivity contribution in [3.63, 3.8) is 0 Å². The van der Waals surface area contributed by atoms with Gasteiger partial charge in [0.15, 0.2) is 0 Å². The van der Waals surface area contributed by atoms with E-state index in [1.807, 2.05) is 0 Å². The minimum atomic E-state index is -0.204. The summed E-state index contributed by atoms with van der Waals surface area (Å²) in [5.74, 6) is -0.204. The second-order valence-corrected chi connectivity index (χ2v) is 2.23. The lowest BCUT2D eigenvalue weighted by molar-refractivity contribution is 0.562. The van der Waals surface area contributed by atoms with E-state index in [0.717, 1.165) is 24.8 Å². The van der Waals surface area contributed by atoms with Crippen LogP contribution < -0.4 is 0 Å². The summed E-state index contributed by atoms with van der Waals surface area (Å²) < 4.78 is 12.2. The van der Waals surface area contributed by atoms with Gasteiger partial charge in [-0.2, -0.15) is 0 Å². The first-order chi connectivity index (χ1) is 4.31. The highest BCUT2D eigenvalue weighted by Crippen LogP contribution is 2.10. The normalized spacial score (nSPS) is 12.1. The Morgan fingerprint density at radius 3 is 2.67 bits per heavy atom. The quantitative estimate of drug-likeness (QED) is 0.537.